The maximum absolute atomic E-state index is 4.60. The quantitative estimate of drug-likeness (QED) is 0.623. The van der Waals surface area contributed by atoms with Gasteiger partial charge in [-0.2, -0.15) is 5.10 Å². The van der Waals surface area contributed by atoms with Crippen LogP contribution in [0.25, 0.3) is 16.6 Å². The van der Waals surface area contributed by atoms with Gasteiger partial charge in [0.2, 0.25) is 0 Å². The van der Waals surface area contributed by atoms with Gasteiger partial charge in [0.25, 0.3) is 0 Å². The van der Waals surface area contributed by atoms with E-state index in [0.717, 1.165) is 28.1 Å². The molecule has 0 fully saturated rings. The van der Waals surface area contributed by atoms with Gasteiger partial charge in [-0.05, 0) is 37.3 Å². The normalized spacial score (nSPS) is 10.9. The van der Waals surface area contributed by atoms with Crippen LogP contribution in [0.2, 0.25) is 0 Å². The van der Waals surface area contributed by atoms with Crippen molar-refractivity contribution in [3.8, 4) is 5.69 Å². The lowest BCUT2D eigenvalue weighted by Crippen LogP contribution is -2.04. The first-order valence-electron chi connectivity index (χ1n) is 7.85. The number of nitrogens with one attached hydrogen (secondary N) is 1. The molecule has 0 aliphatic heterocycles. The van der Waals surface area contributed by atoms with Gasteiger partial charge in [0.15, 0.2) is 0 Å². The molecule has 4 aromatic rings. The molecule has 2 heterocycles. The summed E-state index contributed by atoms with van der Waals surface area (Å²) < 4.78 is 1.87. The third-order valence-corrected chi connectivity index (χ3v) is 3.89. The van der Waals surface area contributed by atoms with E-state index in [1.807, 2.05) is 53.3 Å². The lowest BCUT2D eigenvalue weighted by Gasteiger charge is -2.07. The van der Waals surface area contributed by atoms with Crippen molar-refractivity contribution in [1.82, 2.24) is 19.7 Å². The Morgan fingerprint density at radius 2 is 1.88 bits per heavy atom. The van der Waals surface area contributed by atoms with Gasteiger partial charge in [-0.15, -0.1) is 0 Å². The molecule has 0 spiro atoms. The molecule has 24 heavy (non-hydrogen) atoms. The number of anilines is 1. The smallest absolute Gasteiger partial charge is 0.137 e. The van der Waals surface area contributed by atoms with Gasteiger partial charge in [0.05, 0.1) is 23.4 Å². The Morgan fingerprint density at radius 1 is 1.00 bits per heavy atom. The van der Waals surface area contributed by atoms with E-state index in [1.165, 1.54) is 5.56 Å². The van der Waals surface area contributed by atoms with Crippen molar-refractivity contribution in [2.24, 2.45) is 0 Å². The average Bonchev–Trinajstić information content (AvgIpc) is 3.10. The van der Waals surface area contributed by atoms with Crippen molar-refractivity contribution in [3.63, 3.8) is 0 Å². The van der Waals surface area contributed by atoms with E-state index in [9.17, 15) is 0 Å². The lowest BCUT2D eigenvalue weighted by molar-refractivity contribution is 0.843. The zero-order valence-electron chi connectivity index (χ0n) is 13.3. The molecule has 0 saturated heterocycles. The minimum atomic E-state index is 0.611. The van der Waals surface area contributed by atoms with Gasteiger partial charge in [0, 0.05) is 11.6 Å². The number of hydrogen-bond acceptors (Lipinski definition) is 4. The summed E-state index contributed by atoms with van der Waals surface area (Å²) in [5.74, 6) is 0.831. The molecule has 2 aromatic heterocycles. The maximum atomic E-state index is 4.60. The fourth-order valence-corrected chi connectivity index (χ4v) is 2.67. The van der Waals surface area contributed by atoms with Crippen LogP contribution < -0.4 is 5.32 Å². The first-order valence-corrected chi connectivity index (χ1v) is 7.85. The van der Waals surface area contributed by atoms with Crippen molar-refractivity contribution < 1.29 is 0 Å². The van der Waals surface area contributed by atoms with Gasteiger partial charge < -0.3 is 5.32 Å². The molecule has 0 radical (unpaired) electrons. The predicted octanol–water partition coefficient (Wildman–Crippen LogP) is 3.74. The third-order valence-electron chi connectivity index (χ3n) is 3.89. The van der Waals surface area contributed by atoms with E-state index in [4.69, 9.17) is 0 Å². The van der Waals surface area contributed by atoms with Gasteiger partial charge in [-0.25, -0.2) is 14.6 Å². The molecule has 0 aliphatic rings. The molecule has 5 heteroatoms. The highest BCUT2D eigenvalue weighted by Gasteiger charge is 2.05. The molecule has 0 unspecified atom stereocenters. The first kappa shape index (κ1) is 14.4. The largest absolute Gasteiger partial charge is 0.364 e. The number of hydrogen-bond donors (Lipinski definition) is 1. The number of rotatable bonds is 4. The molecule has 0 saturated carbocycles. The van der Waals surface area contributed by atoms with Crippen LogP contribution in [0.4, 0.5) is 5.82 Å². The Bertz CT molecular complexity index is 975. The SMILES string of the molecule is Cc1ccc2ncnc(NCc3ccn(-c4ccccc4)n3)c2c1. The van der Waals surface area contributed by atoms with E-state index in [2.05, 4.69) is 39.4 Å². The van der Waals surface area contributed by atoms with Crippen molar-refractivity contribution >= 4 is 16.7 Å². The van der Waals surface area contributed by atoms with Crippen LogP contribution in [-0.4, -0.2) is 19.7 Å². The summed E-state index contributed by atoms with van der Waals surface area (Å²) in [6.45, 7) is 2.68. The van der Waals surface area contributed by atoms with Crippen molar-refractivity contribution in [3.05, 3.63) is 78.4 Å². The molecular formula is C19H17N5. The van der Waals surface area contributed by atoms with E-state index >= 15 is 0 Å². The van der Waals surface area contributed by atoms with Crippen LogP contribution in [0.5, 0.6) is 0 Å². The monoisotopic (exact) mass is 315 g/mol. The van der Waals surface area contributed by atoms with E-state index < -0.39 is 0 Å². The molecule has 118 valence electrons. The fourth-order valence-electron chi connectivity index (χ4n) is 2.67. The zero-order valence-corrected chi connectivity index (χ0v) is 13.3. The van der Waals surface area contributed by atoms with Crippen LogP contribution in [0.3, 0.4) is 0 Å². The predicted molar refractivity (Wildman–Crippen MR) is 95.2 cm³/mol. The molecular weight excluding hydrogens is 298 g/mol. The Balaban J connectivity index is 1.56. The summed E-state index contributed by atoms with van der Waals surface area (Å²) in [6, 6.07) is 18.2. The highest BCUT2D eigenvalue weighted by Crippen LogP contribution is 2.20. The van der Waals surface area contributed by atoms with Crippen molar-refractivity contribution in [2.45, 2.75) is 13.5 Å². The maximum Gasteiger partial charge on any atom is 0.137 e. The van der Waals surface area contributed by atoms with E-state index in [0.29, 0.717) is 6.54 Å². The number of aryl methyl sites for hydroxylation is 1. The highest BCUT2D eigenvalue weighted by atomic mass is 15.3. The number of aromatic nitrogens is 4. The van der Waals surface area contributed by atoms with Crippen LogP contribution >= 0.6 is 0 Å². The second kappa shape index (κ2) is 6.12. The van der Waals surface area contributed by atoms with E-state index in [-0.39, 0.29) is 0 Å². The molecule has 5 nitrogen and oxygen atoms in total. The standard InChI is InChI=1S/C19H17N5/c1-14-7-8-18-17(11-14)19(22-13-21-18)20-12-15-9-10-24(23-15)16-5-3-2-4-6-16/h2-11,13H,12H2,1H3,(H,20,21,22). The molecule has 0 amide bonds. The fraction of sp³-hybridized carbons (Fsp3) is 0.105. The zero-order chi connectivity index (χ0) is 16.4. The van der Waals surface area contributed by atoms with Gasteiger partial charge >= 0.3 is 0 Å². The minimum Gasteiger partial charge on any atom is -0.364 e. The average molecular weight is 315 g/mol. The third kappa shape index (κ3) is 2.84. The van der Waals surface area contributed by atoms with Gasteiger partial charge in [-0.3, -0.25) is 0 Å². The van der Waals surface area contributed by atoms with Crippen molar-refractivity contribution in [2.75, 3.05) is 5.32 Å². The Hall–Kier alpha value is -3.21. The number of benzene rings is 2. The summed E-state index contributed by atoms with van der Waals surface area (Å²) in [6.07, 6.45) is 3.55. The second-order valence-electron chi connectivity index (χ2n) is 5.68. The molecule has 0 aliphatic carbocycles. The Kier molecular flexibility index (Phi) is 3.67. The topological polar surface area (TPSA) is 55.6 Å². The highest BCUT2D eigenvalue weighted by molar-refractivity contribution is 5.89. The minimum absolute atomic E-state index is 0.611. The summed E-state index contributed by atoms with van der Waals surface area (Å²) >= 11 is 0. The van der Waals surface area contributed by atoms with Crippen LogP contribution in [-0.2, 0) is 6.54 Å². The van der Waals surface area contributed by atoms with Crippen LogP contribution in [0, 0.1) is 6.92 Å². The molecule has 4 rings (SSSR count). The first-order chi connectivity index (χ1) is 11.8. The lowest BCUT2D eigenvalue weighted by atomic mass is 10.1. The molecule has 0 bridgehead atoms. The van der Waals surface area contributed by atoms with E-state index in [1.54, 1.807) is 6.33 Å². The summed E-state index contributed by atoms with van der Waals surface area (Å²) in [7, 11) is 0. The number of para-hydroxylation sites is 1. The summed E-state index contributed by atoms with van der Waals surface area (Å²) in [5.41, 5.74) is 4.13. The molecule has 0 atom stereocenters. The van der Waals surface area contributed by atoms with Gasteiger partial charge in [-0.1, -0.05) is 29.8 Å². The molecule has 1 N–H and O–H groups in total. The second-order valence-corrected chi connectivity index (χ2v) is 5.68. The van der Waals surface area contributed by atoms with Crippen molar-refractivity contribution in [1.29, 1.82) is 0 Å². The Morgan fingerprint density at radius 3 is 2.75 bits per heavy atom. The Labute approximate surface area is 140 Å². The van der Waals surface area contributed by atoms with Crippen LogP contribution in [0.1, 0.15) is 11.3 Å². The number of nitrogens with zero attached hydrogens (tertiary/aromatic N) is 4. The summed E-state index contributed by atoms with van der Waals surface area (Å²) in [5, 5.41) is 9.00. The summed E-state index contributed by atoms with van der Waals surface area (Å²) in [4.78, 5) is 8.68. The number of fused-ring (bicyclic) bond motifs is 1. The van der Waals surface area contributed by atoms with Crippen LogP contribution in [0.15, 0.2) is 67.1 Å². The molecule has 2 aromatic carbocycles. The van der Waals surface area contributed by atoms with Gasteiger partial charge in [0.1, 0.15) is 12.1 Å².